The number of ether oxygens (including phenoxy) is 1. The van der Waals surface area contributed by atoms with Crippen LogP contribution in [0.4, 0.5) is 0 Å². The molecule has 1 saturated heterocycles. The van der Waals surface area contributed by atoms with E-state index in [4.69, 9.17) is 4.74 Å². The Bertz CT molecular complexity index is 356. The second kappa shape index (κ2) is 6.02. The van der Waals surface area contributed by atoms with E-state index in [0.717, 1.165) is 12.8 Å². The van der Waals surface area contributed by atoms with Crippen molar-refractivity contribution in [2.24, 2.45) is 17.3 Å². The fraction of sp³-hybridized carbons (Fsp3) is 0.938. The van der Waals surface area contributed by atoms with Crippen molar-refractivity contribution in [1.29, 1.82) is 0 Å². The van der Waals surface area contributed by atoms with Crippen LogP contribution in [0.25, 0.3) is 0 Å². The molecular weight excluding hydrogens is 254 g/mol. The number of aliphatic hydroxyl groups is 1. The van der Waals surface area contributed by atoms with Crippen molar-refractivity contribution in [1.82, 2.24) is 4.90 Å². The van der Waals surface area contributed by atoms with Gasteiger partial charge < -0.3 is 14.7 Å². The van der Waals surface area contributed by atoms with Gasteiger partial charge in [-0.05, 0) is 37.0 Å². The summed E-state index contributed by atoms with van der Waals surface area (Å²) in [5, 5.41) is 9.85. The quantitative estimate of drug-likeness (QED) is 0.862. The van der Waals surface area contributed by atoms with E-state index >= 15 is 0 Å². The van der Waals surface area contributed by atoms with Gasteiger partial charge in [0.15, 0.2) is 0 Å². The third kappa shape index (κ3) is 3.53. The average molecular weight is 283 g/mol. The number of amides is 1. The van der Waals surface area contributed by atoms with E-state index in [9.17, 15) is 9.90 Å². The van der Waals surface area contributed by atoms with Crippen LogP contribution in [-0.2, 0) is 9.53 Å². The molecule has 4 atom stereocenters. The smallest absolute Gasteiger partial charge is 0.226 e. The average Bonchev–Trinajstić information content (AvgIpc) is 2.67. The Morgan fingerprint density at radius 3 is 2.65 bits per heavy atom. The molecule has 2 aliphatic rings. The van der Waals surface area contributed by atoms with Crippen molar-refractivity contribution in [3.63, 3.8) is 0 Å². The van der Waals surface area contributed by atoms with Gasteiger partial charge in [0.25, 0.3) is 0 Å². The predicted octanol–water partition coefficient (Wildman–Crippen LogP) is 2.06. The molecule has 0 radical (unpaired) electrons. The lowest BCUT2D eigenvalue weighted by atomic mass is 9.67. The molecule has 1 saturated carbocycles. The van der Waals surface area contributed by atoms with Crippen molar-refractivity contribution in [3.05, 3.63) is 0 Å². The molecule has 1 aliphatic carbocycles. The van der Waals surface area contributed by atoms with Gasteiger partial charge in [0.05, 0.1) is 18.8 Å². The molecule has 0 bridgehead atoms. The molecule has 2 unspecified atom stereocenters. The van der Waals surface area contributed by atoms with Crippen molar-refractivity contribution < 1.29 is 14.6 Å². The van der Waals surface area contributed by atoms with E-state index < -0.39 is 6.10 Å². The van der Waals surface area contributed by atoms with Crippen LogP contribution < -0.4 is 0 Å². The molecule has 4 heteroatoms. The van der Waals surface area contributed by atoms with E-state index in [-0.39, 0.29) is 23.3 Å². The zero-order valence-electron chi connectivity index (χ0n) is 13.3. The molecule has 1 aliphatic heterocycles. The van der Waals surface area contributed by atoms with Crippen LogP contribution in [0.15, 0.2) is 0 Å². The highest BCUT2D eigenvalue weighted by atomic mass is 16.5. The molecule has 0 aromatic carbocycles. The van der Waals surface area contributed by atoms with E-state index in [2.05, 4.69) is 20.8 Å². The van der Waals surface area contributed by atoms with E-state index in [0.29, 0.717) is 25.5 Å². The lowest BCUT2D eigenvalue weighted by Gasteiger charge is -2.40. The zero-order chi connectivity index (χ0) is 14.9. The monoisotopic (exact) mass is 283 g/mol. The lowest BCUT2D eigenvalue weighted by molar-refractivity contribution is -0.140. The summed E-state index contributed by atoms with van der Waals surface area (Å²) in [4.78, 5) is 14.7. The molecule has 116 valence electrons. The Morgan fingerprint density at radius 2 is 2.05 bits per heavy atom. The predicted molar refractivity (Wildman–Crippen MR) is 78.3 cm³/mol. The number of methoxy groups -OCH3 is 1. The molecular formula is C16H29NO3. The van der Waals surface area contributed by atoms with Crippen LogP contribution >= 0.6 is 0 Å². The number of hydrogen-bond donors (Lipinski definition) is 1. The maximum absolute atomic E-state index is 12.8. The summed E-state index contributed by atoms with van der Waals surface area (Å²) in [5.74, 6) is 0.933. The first-order valence-electron chi connectivity index (χ1n) is 7.80. The van der Waals surface area contributed by atoms with Gasteiger partial charge >= 0.3 is 0 Å². The summed E-state index contributed by atoms with van der Waals surface area (Å²) in [5.41, 5.74) is 0.243. The molecule has 4 nitrogen and oxygen atoms in total. The van der Waals surface area contributed by atoms with Gasteiger partial charge in [-0.1, -0.05) is 20.8 Å². The van der Waals surface area contributed by atoms with Crippen molar-refractivity contribution in [2.75, 3.05) is 20.3 Å². The molecule has 0 spiro atoms. The van der Waals surface area contributed by atoms with Crippen molar-refractivity contribution >= 4 is 5.91 Å². The zero-order valence-corrected chi connectivity index (χ0v) is 13.3. The highest BCUT2D eigenvalue weighted by Crippen LogP contribution is 2.42. The molecule has 20 heavy (non-hydrogen) atoms. The van der Waals surface area contributed by atoms with Gasteiger partial charge in [-0.2, -0.15) is 0 Å². The summed E-state index contributed by atoms with van der Waals surface area (Å²) in [6.07, 6.45) is 3.39. The minimum absolute atomic E-state index is 0.0443. The van der Waals surface area contributed by atoms with Crippen LogP contribution in [0, 0.1) is 17.3 Å². The number of hydrogen-bond acceptors (Lipinski definition) is 3. The van der Waals surface area contributed by atoms with Crippen molar-refractivity contribution in [3.8, 4) is 0 Å². The van der Waals surface area contributed by atoms with Crippen LogP contribution in [0.1, 0.15) is 46.5 Å². The van der Waals surface area contributed by atoms with Gasteiger partial charge in [0.2, 0.25) is 5.91 Å². The second-order valence-corrected chi connectivity index (χ2v) is 7.60. The number of β-amino-alcohol motifs (C(OH)–C–C–N with tert-alkyl or cyclic N) is 1. The Balaban J connectivity index is 2.06. The van der Waals surface area contributed by atoms with Gasteiger partial charge in [-0.25, -0.2) is 0 Å². The van der Waals surface area contributed by atoms with Gasteiger partial charge in [0, 0.05) is 19.6 Å². The van der Waals surface area contributed by atoms with Crippen molar-refractivity contribution in [2.45, 2.75) is 58.6 Å². The molecule has 2 fully saturated rings. The van der Waals surface area contributed by atoms with Gasteiger partial charge in [-0.3, -0.25) is 4.79 Å². The highest BCUT2D eigenvalue weighted by molar-refractivity contribution is 5.79. The largest absolute Gasteiger partial charge is 0.391 e. The Kier molecular flexibility index (Phi) is 4.75. The lowest BCUT2D eigenvalue weighted by Crippen LogP contribution is -2.45. The fourth-order valence-electron chi connectivity index (χ4n) is 4.28. The topological polar surface area (TPSA) is 49.8 Å². The highest BCUT2D eigenvalue weighted by Gasteiger charge is 2.41. The number of carbonyl (C=O) groups is 1. The van der Waals surface area contributed by atoms with E-state index in [1.54, 1.807) is 7.11 Å². The summed E-state index contributed by atoms with van der Waals surface area (Å²) in [7, 11) is 1.65. The first-order chi connectivity index (χ1) is 9.32. The third-order valence-electron chi connectivity index (χ3n) is 4.77. The maximum atomic E-state index is 12.8. The molecule has 0 aromatic heterocycles. The summed E-state index contributed by atoms with van der Waals surface area (Å²) in [6.45, 7) is 7.75. The molecule has 1 amide bonds. The number of nitrogens with zero attached hydrogens (tertiary/aromatic N) is 1. The molecule has 2 rings (SSSR count). The minimum Gasteiger partial charge on any atom is -0.391 e. The maximum Gasteiger partial charge on any atom is 0.226 e. The van der Waals surface area contributed by atoms with Crippen LogP contribution in [0.3, 0.4) is 0 Å². The Labute approximate surface area is 122 Å². The summed E-state index contributed by atoms with van der Waals surface area (Å²) < 4.78 is 5.20. The van der Waals surface area contributed by atoms with E-state index in [1.165, 1.54) is 6.42 Å². The third-order valence-corrected chi connectivity index (χ3v) is 4.77. The summed E-state index contributed by atoms with van der Waals surface area (Å²) >= 11 is 0. The first kappa shape index (κ1) is 15.8. The minimum atomic E-state index is -0.395. The second-order valence-electron chi connectivity index (χ2n) is 7.60. The number of aliphatic hydroxyl groups excluding tert-OH is 1. The Morgan fingerprint density at radius 1 is 1.35 bits per heavy atom. The van der Waals surface area contributed by atoms with Crippen LogP contribution in [0.5, 0.6) is 0 Å². The first-order valence-corrected chi connectivity index (χ1v) is 7.80. The molecule has 0 aromatic rings. The molecule has 1 heterocycles. The SMILES string of the molecule is COC[C@@H]1C[C@@H](O)CN1C(=O)C1CC(C)CC(C)(C)C1. The van der Waals surface area contributed by atoms with E-state index in [1.807, 2.05) is 4.90 Å². The fourth-order valence-corrected chi connectivity index (χ4v) is 4.28. The summed E-state index contributed by atoms with van der Waals surface area (Å²) in [6, 6.07) is 0.0443. The normalized spacial score (nSPS) is 37.1. The standard InChI is InChI=1S/C16H29NO3/c1-11-5-12(8-16(2,3)7-11)15(19)17-9-14(18)6-13(17)10-20-4/h11-14,18H,5-10H2,1-4H3/t11?,12?,13-,14+/m0/s1. The molecule has 1 N–H and O–H groups in total. The number of carbonyl (C=O) groups excluding carboxylic acids is 1. The Hall–Kier alpha value is -0.610. The van der Waals surface area contributed by atoms with Crippen LogP contribution in [-0.4, -0.2) is 48.3 Å². The number of rotatable bonds is 3. The van der Waals surface area contributed by atoms with Crippen LogP contribution in [0.2, 0.25) is 0 Å². The number of likely N-dealkylation sites (tertiary alicyclic amines) is 1. The van der Waals surface area contributed by atoms with Gasteiger partial charge in [-0.15, -0.1) is 0 Å². The van der Waals surface area contributed by atoms with Gasteiger partial charge in [0.1, 0.15) is 0 Å².